The summed E-state index contributed by atoms with van der Waals surface area (Å²) in [5, 5.41) is 16.3. The Bertz CT molecular complexity index is 1040. The summed E-state index contributed by atoms with van der Waals surface area (Å²) in [4.78, 5) is 38.6. The first-order chi connectivity index (χ1) is 14.0. The van der Waals surface area contributed by atoms with Gasteiger partial charge in [-0.15, -0.1) is 0 Å². The Balaban J connectivity index is 1.67. The lowest BCUT2D eigenvalue weighted by Crippen LogP contribution is -2.23. The van der Waals surface area contributed by atoms with Crippen molar-refractivity contribution in [2.45, 2.75) is 0 Å². The summed E-state index contributed by atoms with van der Waals surface area (Å²) < 4.78 is 5.21. The number of amides is 2. The van der Waals surface area contributed by atoms with Crippen LogP contribution in [-0.4, -0.2) is 28.3 Å². The molecule has 0 radical (unpaired) electrons. The summed E-state index contributed by atoms with van der Waals surface area (Å²) in [5.41, 5.74) is 1.16. The van der Waals surface area contributed by atoms with Crippen molar-refractivity contribution in [3.05, 3.63) is 88.6 Å². The Kier molecular flexibility index (Phi) is 6.11. The minimum atomic E-state index is -0.698. The normalized spacial score (nSPS) is 10.1. The Morgan fingerprint density at radius 1 is 0.966 bits per heavy atom. The highest BCUT2D eigenvalue weighted by Gasteiger charge is 2.18. The molecule has 9 heteroatoms. The van der Waals surface area contributed by atoms with E-state index in [1.165, 1.54) is 18.3 Å². The number of rotatable bonds is 7. The number of para-hydroxylation sites is 2. The Hall–Kier alpha value is -4.27. The monoisotopic (exact) mass is 392 g/mol. The van der Waals surface area contributed by atoms with Crippen molar-refractivity contribution in [3.8, 4) is 5.75 Å². The molecule has 2 aromatic carbocycles. The minimum absolute atomic E-state index is 0.122. The van der Waals surface area contributed by atoms with Crippen molar-refractivity contribution in [1.82, 2.24) is 4.98 Å². The Morgan fingerprint density at radius 2 is 1.69 bits per heavy atom. The Labute approximate surface area is 165 Å². The number of anilines is 2. The molecule has 3 aromatic rings. The maximum absolute atomic E-state index is 12.5. The lowest BCUT2D eigenvalue weighted by Gasteiger charge is -2.12. The fourth-order valence-electron chi connectivity index (χ4n) is 2.47. The zero-order valence-corrected chi connectivity index (χ0v) is 15.1. The van der Waals surface area contributed by atoms with E-state index in [9.17, 15) is 19.7 Å². The molecule has 1 heterocycles. The van der Waals surface area contributed by atoms with Crippen molar-refractivity contribution >= 4 is 29.0 Å². The van der Waals surface area contributed by atoms with E-state index in [2.05, 4.69) is 15.6 Å². The number of hydrogen-bond donors (Lipinski definition) is 2. The first kappa shape index (κ1) is 19.5. The summed E-state index contributed by atoms with van der Waals surface area (Å²) in [5.74, 6) is -1.58. The van der Waals surface area contributed by atoms with Crippen molar-refractivity contribution in [2.24, 2.45) is 0 Å². The van der Waals surface area contributed by atoms with Crippen LogP contribution < -0.4 is 15.4 Å². The standard InChI is InChI=1S/C20H16N4O5/c25-18(13-29-17-11-6-12-21-19(17)24(27)28)23-16-10-5-4-9-15(16)20(26)22-14-7-2-1-3-8-14/h1-12H,13H2,(H,22,26)(H,23,25). The maximum Gasteiger partial charge on any atom is 0.406 e. The number of ether oxygens (including phenoxy) is 1. The second-order valence-corrected chi connectivity index (χ2v) is 5.78. The summed E-state index contributed by atoms with van der Waals surface area (Å²) in [6, 6.07) is 18.2. The zero-order valence-electron chi connectivity index (χ0n) is 15.1. The van der Waals surface area contributed by atoms with Crippen LogP contribution in [0.2, 0.25) is 0 Å². The van der Waals surface area contributed by atoms with E-state index < -0.39 is 29.2 Å². The molecule has 3 rings (SSSR count). The SMILES string of the molecule is O=C(COc1cccnc1[N+](=O)[O-])Nc1ccccc1C(=O)Nc1ccccc1. The molecule has 9 nitrogen and oxygen atoms in total. The average molecular weight is 392 g/mol. The van der Waals surface area contributed by atoms with Crippen LogP contribution in [0.3, 0.4) is 0 Å². The van der Waals surface area contributed by atoms with Crippen LogP contribution in [0.4, 0.5) is 17.2 Å². The van der Waals surface area contributed by atoms with Crippen LogP contribution in [0.15, 0.2) is 72.9 Å². The summed E-state index contributed by atoms with van der Waals surface area (Å²) >= 11 is 0. The van der Waals surface area contributed by atoms with Gasteiger partial charge in [0, 0.05) is 5.69 Å². The van der Waals surface area contributed by atoms with E-state index in [0.29, 0.717) is 5.69 Å². The molecule has 0 bridgehead atoms. The molecule has 146 valence electrons. The van der Waals surface area contributed by atoms with E-state index in [-0.39, 0.29) is 17.0 Å². The fourth-order valence-corrected chi connectivity index (χ4v) is 2.47. The van der Waals surface area contributed by atoms with Crippen molar-refractivity contribution in [1.29, 1.82) is 0 Å². The topological polar surface area (TPSA) is 123 Å². The van der Waals surface area contributed by atoms with Gasteiger partial charge in [-0.3, -0.25) is 9.59 Å². The molecule has 0 atom stereocenters. The number of carbonyl (C=O) groups excluding carboxylic acids is 2. The van der Waals surface area contributed by atoms with Crippen LogP contribution >= 0.6 is 0 Å². The number of hydrogen-bond acceptors (Lipinski definition) is 6. The first-order valence-corrected chi connectivity index (χ1v) is 8.52. The second-order valence-electron chi connectivity index (χ2n) is 5.78. The van der Waals surface area contributed by atoms with Crippen LogP contribution in [0.1, 0.15) is 10.4 Å². The minimum Gasteiger partial charge on any atom is -0.476 e. The van der Waals surface area contributed by atoms with Crippen LogP contribution in [0.5, 0.6) is 5.75 Å². The zero-order chi connectivity index (χ0) is 20.6. The fraction of sp³-hybridized carbons (Fsp3) is 0.0500. The number of nitrogens with zero attached hydrogens (tertiary/aromatic N) is 2. The molecule has 0 unspecified atom stereocenters. The lowest BCUT2D eigenvalue weighted by molar-refractivity contribution is -0.390. The van der Waals surface area contributed by atoms with Gasteiger partial charge in [0.05, 0.1) is 11.3 Å². The molecular formula is C20H16N4O5. The number of aromatic nitrogens is 1. The lowest BCUT2D eigenvalue weighted by atomic mass is 10.1. The highest BCUT2D eigenvalue weighted by molar-refractivity contribution is 6.10. The quantitative estimate of drug-likeness (QED) is 0.470. The van der Waals surface area contributed by atoms with Crippen LogP contribution in [0.25, 0.3) is 0 Å². The molecule has 0 aliphatic heterocycles. The van der Waals surface area contributed by atoms with E-state index in [4.69, 9.17) is 4.74 Å². The van der Waals surface area contributed by atoms with E-state index in [1.807, 2.05) is 6.07 Å². The maximum atomic E-state index is 12.5. The molecule has 0 aliphatic rings. The van der Waals surface area contributed by atoms with Gasteiger partial charge in [-0.1, -0.05) is 30.3 Å². The molecule has 0 saturated heterocycles. The number of pyridine rings is 1. The van der Waals surface area contributed by atoms with Crippen LogP contribution in [-0.2, 0) is 4.79 Å². The molecular weight excluding hydrogens is 376 g/mol. The number of nitrogens with one attached hydrogen (secondary N) is 2. The third-order valence-corrected chi connectivity index (χ3v) is 3.76. The predicted octanol–water partition coefficient (Wildman–Crippen LogP) is 3.26. The number of carbonyl (C=O) groups is 2. The van der Waals surface area contributed by atoms with Gasteiger partial charge in [-0.05, 0) is 46.3 Å². The molecule has 0 spiro atoms. The van der Waals surface area contributed by atoms with Gasteiger partial charge in [0.15, 0.2) is 6.61 Å². The Morgan fingerprint density at radius 3 is 2.45 bits per heavy atom. The van der Waals surface area contributed by atoms with Gasteiger partial charge in [0.1, 0.15) is 6.20 Å². The molecule has 0 saturated carbocycles. The molecule has 0 fully saturated rings. The largest absolute Gasteiger partial charge is 0.476 e. The van der Waals surface area contributed by atoms with Crippen molar-refractivity contribution < 1.29 is 19.2 Å². The van der Waals surface area contributed by atoms with Gasteiger partial charge >= 0.3 is 5.82 Å². The summed E-state index contributed by atoms with van der Waals surface area (Å²) in [7, 11) is 0. The summed E-state index contributed by atoms with van der Waals surface area (Å²) in [6.07, 6.45) is 1.26. The molecule has 1 aromatic heterocycles. The third kappa shape index (κ3) is 5.13. The van der Waals surface area contributed by atoms with E-state index >= 15 is 0 Å². The van der Waals surface area contributed by atoms with Crippen molar-refractivity contribution in [3.63, 3.8) is 0 Å². The van der Waals surface area contributed by atoms with Gasteiger partial charge in [0.25, 0.3) is 11.8 Å². The molecule has 2 N–H and O–H groups in total. The van der Waals surface area contributed by atoms with Gasteiger partial charge < -0.3 is 25.5 Å². The summed E-state index contributed by atoms with van der Waals surface area (Å²) in [6.45, 7) is -0.485. The first-order valence-electron chi connectivity index (χ1n) is 8.52. The highest BCUT2D eigenvalue weighted by Crippen LogP contribution is 2.23. The number of nitro groups is 1. The average Bonchev–Trinajstić information content (AvgIpc) is 2.73. The molecule has 2 amide bonds. The highest BCUT2D eigenvalue weighted by atomic mass is 16.6. The molecule has 0 aliphatic carbocycles. The second kappa shape index (κ2) is 9.09. The van der Waals surface area contributed by atoms with Crippen molar-refractivity contribution in [2.75, 3.05) is 17.2 Å². The smallest absolute Gasteiger partial charge is 0.406 e. The van der Waals surface area contributed by atoms with Gasteiger partial charge in [0.2, 0.25) is 5.75 Å². The van der Waals surface area contributed by atoms with E-state index in [0.717, 1.165) is 0 Å². The van der Waals surface area contributed by atoms with Gasteiger partial charge in [-0.25, -0.2) is 0 Å². The number of benzene rings is 2. The van der Waals surface area contributed by atoms with Gasteiger partial charge in [-0.2, -0.15) is 0 Å². The van der Waals surface area contributed by atoms with Crippen LogP contribution in [0, 0.1) is 10.1 Å². The molecule has 29 heavy (non-hydrogen) atoms. The third-order valence-electron chi connectivity index (χ3n) is 3.76. The predicted molar refractivity (Wildman–Crippen MR) is 106 cm³/mol. The van der Waals surface area contributed by atoms with E-state index in [1.54, 1.807) is 48.5 Å².